The van der Waals surface area contributed by atoms with Crippen LogP contribution in [0.3, 0.4) is 0 Å². The van der Waals surface area contributed by atoms with Gasteiger partial charge in [-0.15, -0.1) is 0 Å². The molecule has 118 valence electrons. The van der Waals surface area contributed by atoms with Gasteiger partial charge in [-0.2, -0.15) is 5.10 Å². The number of aliphatic hydroxyl groups is 3. The first-order valence-corrected chi connectivity index (χ1v) is 6.70. The number of nitrogens with two attached hydrogens (primary N) is 1. The van der Waals surface area contributed by atoms with Gasteiger partial charge in [0.05, 0.1) is 12.3 Å². The predicted octanol–water partition coefficient (Wildman–Crippen LogP) is -1.46. The highest BCUT2D eigenvalue weighted by Crippen LogP contribution is 2.39. The maximum Gasteiger partial charge on any atom is 0.155 e. The zero-order valence-corrected chi connectivity index (χ0v) is 11.9. The largest absolute Gasteiger partial charge is 0.393 e. The van der Waals surface area contributed by atoms with Gasteiger partial charge in [-0.1, -0.05) is 0 Å². The molecule has 0 spiro atoms. The molecule has 9 nitrogen and oxygen atoms in total. The van der Waals surface area contributed by atoms with Crippen molar-refractivity contribution in [3.8, 4) is 0 Å². The van der Waals surface area contributed by atoms with Gasteiger partial charge in [0, 0.05) is 13.3 Å². The van der Waals surface area contributed by atoms with Crippen molar-refractivity contribution in [1.29, 1.82) is 0 Å². The third-order valence-corrected chi connectivity index (χ3v) is 3.88. The van der Waals surface area contributed by atoms with Crippen LogP contribution in [0.1, 0.15) is 11.8 Å². The Hall–Kier alpha value is -2.07. The average molecular weight is 307 g/mol. The number of rotatable bonds is 3. The van der Waals surface area contributed by atoms with E-state index in [0.717, 1.165) is 0 Å². The summed E-state index contributed by atoms with van der Waals surface area (Å²) in [6, 6.07) is 3.37. The Balaban J connectivity index is 2.06. The molecule has 0 bridgehead atoms. The fourth-order valence-corrected chi connectivity index (χ4v) is 2.75. The van der Waals surface area contributed by atoms with Crippen molar-refractivity contribution in [2.75, 3.05) is 19.4 Å². The molecule has 0 aromatic carbocycles. The molecule has 2 aromatic heterocycles. The molecule has 22 heavy (non-hydrogen) atoms. The number of fused-ring (bicyclic) bond motifs is 1. The van der Waals surface area contributed by atoms with E-state index in [1.165, 1.54) is 24.1 Å². The van der Waals surface area contributed by atoms with Gasteiger partial charge in [-0.05, 0) is 12.1 Å². The SMILES string of the molecule is CN=C[C@]1(CO)O[C@@H](c2ccc3c(N)ncnn23)[C@H](O)[C@@H]1O. The lowest BCUT2D eigenvalue weighted by molar-refractivity contribution is -0.0628. The first-order valence-electron chi connectivity index (χ1n) is 6.70. The summed E-state index contributed by atoms with van der Waals surface area (Å²) in [6.07, 6.45) is -0.886. The minimum absolute atomic E-state index is 0.290. The molecular weight excluding hydrogens is 290 g/mol. The highest BCUT2D eigenvalue weighted by molar-refractivity contribution is 5.71. The zero-order chi connectivity index (χ0) is 15.9. The second kappa shape index (κ2) is 5.29. The standard InChI is InChI=1S/C13H17N5O4/c1-15-4-13(5-19)11(21)9(20)10(22-13)7-2-3-8-12(14)16-6-17-18(7)8/h2-4,6,9-11,19-21H,5H2,1H3,(H2,14,16,17)/t9-,10-,11-,13+/m0/s1. The molecule has 3 rings (SSSR count). The minimum Gasteiger partial charge on any atom is -0.393 e. The van der Waals surface area contributed by atoms with Crippen LogP contribution in [-0.4, -0.2) is 67.6 Å². The van der Waals surface area contributed by atoms with E-state index >= 15 is 0 Å². The number of ether oxygens (including phenoxy) is 1. The van der Waals surface area contributed by atoms with E-state index in [9.17, 15) is 15.3 Å². The van der Waals surface area contributed by atoms with Crippen LogP contribution >= 0.6 is 0 Å². The highest BCUT2D eigenvalue weighted by Gasteiger charge is 2.54. The van der Waals surface area contributed by atoms with Crippen LogP contribution in [-0.2, 0) is 4.74 Å². The molecule has 0 amide bonds. The van der Waals surface area contributed by atoms with Crippen molar-refractivity contribution in [2.24, 2.45) is 4.99 Å². The second-order valence-electron chi connectivity index (χ2n) is 5.17. The van der Waals surface area contributed by atoms with Crippen LogP contribution in [0.5, 0.6) is 0 Å². The van der Waals surface area contributed by atoms with Crippen molar-refractivity contribution in [1.82, 2.24) is 14.6 Å². The van der Waals surface area contributed by atoms with Crippen molar-refractivity contribution in [3.63, 3.8) is 0 Å². The van der Waals surface area contributed by atoms with Gasteiger partial charge in [-0.3, -0.25) is 4.99 Å². The lowest BCUT2D eigenvalue weighted by atomic mass is 9.96. The smallest absolute Gasteiger partial charge is 0.155 e. The van der Waals surface area contributed by atoms with Crippen molar-refractivity contribution in [3.05, 3.63) is 24.2 Å². The Morgan fingerprint density at radius 3 is 2.95 bits per heavy atom. The van der Waals surface area contributed by atoms with Crippen LogP contribution in [0.2, 0.25) is 0 Å². The molecule has 9 heteroatoms. The monoisotopic (exact) mass is 307 g/mol. The maximum absolute atomic E-state index is 10.3. The summed E-state index contributed by atoms with van der Waals surface area (Å²) in [5.41, 5.74) is 5.37. The summed E-state index contributed by atoms with van der Waals surface area (Å²) < 4.78 is 7.22. The van der Waals surface area contributed by atoms with Gasteiger partial charge < -0.3 is 25.8 Å². The van der Waals surface area contributed by atoms with Gasteiger partial charge in [0.1, 0.15) is 30.2 Å². The third-order valence-electron chi connectivity index (χ3n) is 3.88. The fraction of sp³-hybridized carbons (Fsp3) is 0.462. The number of nitrogen functional groups attached to an aromatic ring is 1. The predicted molar refractivity (Wildman–Crippen MR) is 77.5 cm³/mol. The summed E-state index contributed by atoms with van der Waals surface area (Å²) >= 11 is 0. The van der Waals surface area contributed by atoms with E-state index in [4.69, 9.17) is 10.5 Å². The molecule has 5 N–H and O–H groups in total. The molecule has 4 atom stereocenters. The van der Waals surface area contributed by atoms with E-state index in [-0.39, 0.29) is 5.82 Å². The number of nitrogens with zero attached hydrogens (tertiary/aromatic N) is 4. The van der Waals surface area contributed by atoms with Gasteiger partial charge in [0.2, 0.25) is 0 Å². The van der Waals surface area contributed by atoms with Crippen LogP contribution in [0, 0.1) is 0 Å². The van der Waals surface area contributed by atoms with Crippen LogP contribution in [0.4, 0.5) is 5.82 Å². The molecular formula is C13H17N5O4. The Morgan fingerprint density at radius 1 is 1.50 bits per heavy atom. The summed E-state index contributed by atoms with van der Waals surface area (Å²) in [4.78, 5) is 7.69. The summed E-state index contributed by atoms with van der Waals surface area (Å²) in [5, 5.41) is 34.2. The molecule has 0 aliphatic carbocycles. The number of aliphatic hydroxyl groups excluding tert-OH is 3. The highest BCUT2D eigenvalue weighted by atomic mass is 16.6. The molecule has 0 radical (unpaired) electrons. The Bertz CT molecular complexity index is 718. The number of hydrogen-bond acceptors (Lipinski definition) is 8. The van der Waals surface area contributed by atoms with E-state index in [0.29, 0.717) is 11.2 Å². The second-order valence-corrected chi connectivity index (χ2v) is 5.17. The molecule has 1 aliphatic rings. The van der Waals surface area contributed by atoms with E-state index < -0.39 is 30.5 Å². The molecule has 2 aromatic rings. The summed E-state index contributed by atoms with van der Waals surface area (Å²) in [5.74, 6) is 0.290. The lowest BCUT2D eigenvalue weighted by Crippen LogP contribution is -2.47. The lowest BCUT2D eigenvalue weighted by Gasteiger charge is -2.25. The quantitative estimate of drug-likeness (QED) is 0.508. The van der Waals surface area contributed by atoms with E-state index in [1.807, 2.05) is 0 Å². The fourth-order valence-electron chi connectivity index (χ4n) is 2.75. The van der Waals surface area contributed by atoms with Gasteiger partial charge in [-0.25, -0.2) is 9.50 Å². The normalized spacial score (nSPS) is 32.3. The van der Waals surface area contributed by atoms with E-state index in [1.54, 1.807) is 12.1 Å². The first kappa shape index (κ1) is 14.9. The van der Waals surface area contributed by atoms with Gasteiger partial charge >= 0.3 is 0 Å². The zero-order valence-electron chi connectivity index (χ0n) is 11.9. The third kappa shape index (κ3) is 1.98. The summed E-state index contributed by atoms with van der Waals surface area (Å²) in [7, 11) is 1.49. The van der Waals surface area contributed by atoms with Crippen LogP contribution in [0.25, 0.3) is 5.52 Å². The number of hydrogen-bond donors (Lipinski definition) is 4. The van der Waals surface area contributed by atoms with E-state index in [2.05, 4.69) is 15.1 Å². The Morgan fingerprint density at radius 2 is 2.27 bits per heavy atom. The van der Waals surface area contributed by atoms with Crippen molar-refractivity contribution in [2.45, 2.75) is 23.9 Å². The molecule has 1 saturated heterocycles. The van der Waals surface area contributed by atoms with Gasteiger partial charge in [0.15, 0.2) is 11.4 Å². The molecule has 1 aliphatic heterocycles. The average Bonchev–Trinajstić information content (AvgIpc) is 3.04. The number of aromatic nitrogens is 3. The van der Waals surface area contributed by atoms with Crippen molar-refractivity contribution >= 4 is 17.5 Å². The van der Waals surface area contributed by atoms with Gasteiger partial charge in [0.25, 0.3) is 0 Å². The minimum atomic E-state index is -1.46. The Kier molecular flexibility index (Phi) is 3.57. The number of aliphatic imine (C=N–C) groups is 1. The molecule has 1 fully saturated rings. The van der Waals surface area contributed by atoms with Crippen LogP contribution in [0.15, 0.2) is 23.5 Å². The van der Waals surface area contributed by atoms with Crippen LogP contribution < -0.4 is 5.73 Å². The molecule has 3 heterocycles. The molecule has 0 unspecified atom stereocenters. The first-order chi connectivity index (χ1) is 10.5. The number of anilines is 1. The Labute approximate surface area is 125 Å². The maximum atomic E-state index is 10.3. The van der Waals surface area contributed by atoms with Crippen molar-refractivity contribution < 1.29 is 20.1 Å². The summed E-state index contributed by atoms with van der Waals surface area (Å²) in [6.45, 7) is -0.514. The molecule has 0 saturated carbocycles. The topological polar surface area (TPSA) is 138 Å².